The normalized spacial score (nSPS) is 11.8. The van der Waals surface area contributed by atoms with E-state index in [1.165, 1.54) is 12.1 Å². The van der Waals surface area contributed by atoms with Gasteiger partial charge in [-0.2, -0.15) is 0 Å². The molecule has 2 aromatic carbocycles. The van der Waals surface area contributed by atoms with Gasteiger partial charge in [0.25, 0.3) is 5.91 Å². The van der Waals surface area contributed by atoms with Crippen LogP contribution in [0.4, 0.5) is 13.2 Å². The van der Waals surface area contributed by atoms with E-state index in [-0.39, 0.29) is 6.42 Å². The third-order valence-electron chi connectivity index (χ3n) is 3.15. The summed E-state index contributed by atoms with van der Waals surface area (Å²) >= 11 is 0. The minimum absolute atomic E-state index is 0.127. The molecule has 23 heavy (non-hydrogen) atoms. The SMILES string of the molecule is O=C(N[C@@H](Cc1ccc(F)cc1)C(=O)O)c1cccc(F)c1F. The Hall–Kier alpha value is -2.83. The number of nitrogens with one attached hydrogen (secondary N) is 1. The maximum absolute atomic E-state index is 13.5. The number of carboxylic acids is 1. The first kappa shape index (κ1) is 16.5. The standard InChI is InChI=1S/C16H12F3NO3/c17-10-6-4-9(5-7-10)8-13(16(22)23)20-15(21)11-2-1-3-12(18)14(11)19/h1-7,13H,8H2,(H,20,21)(H,22,23)/t13-/m0/s1. The molecule has 0 aliphatic heterocycles. The van der Waals surface area contributed by atoms with Crippen LogP contribution in [0.15, 0.2) is 42.5 Å². The van der Waals surface area contributed by atoms with E-state index in [1.807, 2.05) is 0 Å². The van der Waals surface area contributed by atoms with Crippen LogP contribution in [-0.2, 0) is 11.2 Å². The Balaban J connectivity index is 2.16. The Labute approximate surface area is 129 Å². The summed E-state index contributed by atoms with van der Waals surface area (Å²) in [5, 5.41) is 11.3. The van der Waals surface area contributed by atoms with Crippen LogP contribution in [0.25, 0.3) is 0 Å². The Bertz CT molecular complexity index is 732. The van der Waals surface area contributed by atoms with E-state index in [2.05, 4.69) is 5.32 Å². The Morgan fingerprint density at radius 3 is 2.30 bits per heavy atom. The predicted molar refractivity (Wildman–Crippen MR) is 75.4 cm³/mol. The number of carboxylic acid groups (broad SMARTS) is 1. The van der Waals surface area contributed by atoms with Crippen LogP contribution in [0.2, 0.25) is 0 Å². The maximum atomic E-state index is 13.5. The van der Waals surface area contributed by atoms with Crippen molar-refractivity contribution in [3.63, 3.8) is 0 Å². The van der Waals surface area contributed by atoms with Crippen LogP contribution >= 0.6 is 0 Å². The van der Waals surface area contributed by atoms with Crippen molar-refractivity contribution >= 4 is 11.9 Å². The molecule has 0 aliphatic carbocycles. The topological polar surface area (TPSA) is 66.4 Å². The number of aliphatic carboxylic acids is 1. The molecule has 0 saturated carbocycles. The highest BCUT2D eigenvalue weighted by Gasteiger charge is 2.23. The van der Waals surface area contributed by atoms with Gasteiger partial charge in [0.15, 0.2) is 11.6 Å². The molecule has 0 spiro atoms. The number of carbonyl (C=O) groups excluding carboxylic acids is 1. The van der Waals surface area contributed by atoms with Crippen LogP contribution in [0.3, 0.4) is 0 Å². The number of amides is 1. The monoisotopic (exact) mass is 323 g/mol. The Morgan fingerprint density at radius 2 is 1.70 bits per heavy atom. The second-order valence-electron chi connectivity index (χ2n) is 4.80. The molecule has 0 heterocycles. The lowest BCUT2D eigenvalue weighted by molar-refractivity contribution is -0.139. The van der Waals surface area contributed by atoms with Crippen molar-refractivity contribution in [3.8, 4) is 0 Å². The second-order valence-corrected chi connectivity index (χ2v) is 4.80. The highest BCUT2D eigenvalue weighted by Crippen LogP contribution is 2.12. The van der Waals surface area contributed by atoms with Crippen molar-refractivity contribution in [1.29, 1.82) is 0 Å². The summed E-state index contributed by atoms with van der Waals surface area (Å²) in [6.07, 6.45) is -0.127. The molecule has 2 aromatic rings. The second kappa shape index (κ2) is 6.95. The van der Waals surface area contributed by atoms with Gasteiger partial charge in [0.05, 0.1) is 5.56 Å². The lowest BCUT2D eigenvalue weighted by Gasteiger charge is -2.15. The van der Waals surface area contributed by atoms with E-state index in [4.69, 9.17) is 5.11 Å². The summed E-state index contributed by atoms with van der Waals surface area (Å²) in [4.78, 5) is 23.2. The third-order valence-corrected chi connectivity index (χ3v) is 3.15. The Morgan fingerprint density at radius 1 is 1.04 bits per heavy atom. The predicted octanol–water partition coefficient (Wildman–Crippen LogP) is 2.53. The molecule has 0 fully saturated rings. The summed E-state index contributed by atoms with van der Waals surface area (Å²) in [5.74, 6) is -5.43. The molecule has 0 unspecified atom stereocenters. The molecular formula is C16H12F3NO3. The van der Waals surface area contributed by atoms with Gasteiger partial charge >= 0.3 is 5.97 Å². The summed E-state index contributed by atoms with van der Waals surface area (Å²) in [6.45, 7) is 0. The van der Waals surface area contributed by atoms with Gasteiger partial charge in [-0.15, -0.1) is 0 Å². The lowest BCUT2D eigenvalue weighted by atomic mass is 10.1. The fourth-order valence-corrected chi connectivity index (χ4v) is 1.97. The zero-order valence-electron chi connectivity index (χ0n) is 11.7. The van der Waals surface area contributed by atoms with Crippen LogP contribution < -0.4 is 5.32 Å². The fourth-order valence-electron chi connectivity index (χ4n) is 1.97. The molecule has 1 amide bonds. The van der Waals surface area contributed by atoms with E-state index in [0.29, 0.717) is 5.56 Å². The number of carbonyl (C=O) groups is 2. The van der Waals surface area contributed by atoms with Crippen molar-refractivity contribution in [2.24, 2.45) is 0 Å². The highest BCUT2D eigenvalue weighted by atomic mass is 19.2. The van der Waals surface area contributed by atoms with E-state index in [1.54, 1.807) is 0 Å². The van der Waals surface area contributed by atoms with Crippen molar-refractivity contribution in [2.45, 2.75) is 12.5 Å². The zero-order valence-corrected chi connectivity index (χ0v) is 11.7. The number of halogens is 3. The number of hydrogen-bond acceptors (Lipinski definition) is 2. The van der Waals surface area contributed by atoms with Crippen molar-refractivity contribution in [1.82, 2.24) is 5.32 Å². The summed E-state index contributed by atoms with van der Waals surface area (Å²) in [5.41, 5.74) is -0.117. The van der Waals surface area contributed by atoms with Gasteiger partial charge in [0, 0.05) is 6.42 Å². The van der Waals surface area contributed by atoms with Crippen molar-refractivity contribution in [3.05, 3.63) is 71.0 Å². The van der Waals surface area contributed by atoms with Gasteiger partial charge in [-0.05, 0) is 29.8 Å². The average molecular weight is 323 g/mol. The third kappa shape index (κ3) is 4.09. The summed E-state index contributed by atoms with van der Waals surface area (Å²) in [7, 11) is 0. The first-order chi connectivity index (χ1) is 10.9. The molecule has 2 rings (SSSR count). The van der Waals surface area contributed by atoms with Crippen LogP contribution in [-0.4, -0.2) is 23.0 Å². The van der Waals surface area contributed by atoms with E-state index < -0.39 is 40.9 Å². The van der Waals surface area contributed by atoms with Gasteiger partial charge in [0.2, 0.25) is 0 Å². The Kier molecular flexibility index (Phi) is 5.00. The molecule has 0 saturated heterocycles. The fraction of sp³-hybridized carbons (Fsp3) is 0.125. The van der Waals surface area contributed by atoms with E-state index in [0.717, 1.165) is 30.3 Å². The first-order valence-corrected chi connectivity index (χ1v) is 6.60. The smallest absolute Gasteiger partial charge is 0.326 e. The van der Waals surface area contributed by atoms with Crippen molar-refractivity contribution < 1.29 is 27.9 Å². The molecule has 4 nitrogen and oxygen atoms in total. The molecular weight excluding hydrogens is 311 g/mol. The van der Waals surface area contributed by atoms with Gasteiger partial charge in [-0.3, -0.25) is 4.79 Å². The molecule has 120 valence electrons. The molecule has 1 atom stereocenters. The molecule has 2 N–H and O–H groups in total. The van der Waals surface area contributed by atoms with Crippen LogP contribution in [0.5, 0.6) is 0 Å². The maximum Gasteiger partial charge on any atom is 0.326 e. The molecule has 0 radical (unpaired) electrons. The van der Waals surface area contributed by atoms with Gasteiger partial charge in [-0.25, -0.2) is 18.0 Å². The summed E-state index contributed by atoms with van der Waals surface area (Å²) < 4.78 is 39.5. The molecule has 0 bridgehead atoms. The van der Waals surface area contributed by atoms with Gasteiger partial charge in [-0.1, -0.05) is 18.2 Å². The first-order valence-electron chi connectivity index (χ1n) is 6.60. The molecule has 0 aromatic heterocycles. The largest absolute Gasteiger partial charge is 0.480 e. The lowest BCUT2D eigenvalue weighted by Crippen LogP contribution is -2.42. The molecule has 7 heteroatoms. The van der Waals surface area contributed by atoms with Crippen LogP contribution in [0, 0.1) is 17.5 Å². The van der Waals surface area contributed by atoms with E-state index >= 15 is 0 Å². The minimum Gasteiger partial charge on any atom is -0.480 e. The van der Waals surface area contributed by atoms with Gasteiger partial charge < -0.3 is 10.4 Å². The average Bonchev–Trinajstić information content (AvgIpc) is 2.51. The molecule has 0 aliphatic rings. The summed E-state index contributed by atoms with van der Waals surface area (Å²) in [6, 6.07) is 6.73. The number of hydrogen-bond donors (Lipinski definition) is 2. The van der Waals surface area contributed by atoms with Crippen molar-refractivity contribution in [2.75, 3.05) is 0 Å². The van der Waals surface area contributed by atoms with Crippen LogP contribution in [0.1, 0.15) is 15.9 Å². The number of rotatable bonds is 5. The minimum atomic E-state index is -1.37. The highest BCUT2D eigenvalue weighted by molar-refractivity contribution is 5.96. The zero-order chi connectivity index (χ0) is 17.0. The van der Waals surface area contributed by atoms with E-state index in [9.17, 15) is 22.8 Å². The number of benzene rings is 2. The van der Waals surface area contributed by atoms with Gasteiger partial charge in [0.1, 0.15) is 11.9 Å². The quantitative estimate of drug-likeness (QED) is 0.888.